The molecule has 2 heterocycles. The minimum atomic E-state index is -0.718. The van der Waals surface area contributed by atoms with Crippen LogP contribution in [0, 0.1) is 6.92 Å². The van der Waals surface area contributed by atoms with E-state index in [0.29, 0.717) is 25.9 Å². The molecule has 9 heteroatoms. The third kappa shape index (κ3) is 3.97. The molecule has 1 aromatic carbocycles. The van der Waals surface area contributed by atoms with Crippen LogP contribution in [0.4, 0.5) is 15.3 Å². The van der Waals surface area contributed by atoms with E-state index >= 15 is 0 Å². The number of carbonyl (C=O) groups is 3. The molecular weight excluding hydrogens is 366 g/mol. The second-order valence-electron chi connectivity index (χ2n) is 6.85. The van der Waals surface area contributed by atoms with Gasteiger partial charge in [0.15, 0.2) is 6.04 Å². The maximum Gasteiger partial charge on any atom is 0.410 e. The van der Waals surface area contributed by atoms with Gasteiger partial charge in [-0.1, -0.05) is 0 Å². The summed E-state index contributed by atoms with van der Waals surface area (Å²) in [6, 6.07) is 4.38. The first kappa shape index (κ1) is 19.8. The van der Waals surface area contributed by atoms with E-state index in [2.05, 4.69) is 5.32 Å². The number of anilines is 1. The van der Waals surface area contributed by atoms with E-state index < -0.39 is 18.1 Å². The number of nitrogens with zero attached hydrogens (tertiary/aromatic N) is 2. The van der Waals surface area contributed by atoms with Crippen LogP contribution in [0.15, 0.2) is 18.2 Å². The summed E-state index contributed by atoms with van der Waals surface area (Å²) in [7, 11) is 2.88. The van der Waals surface area contributed by atoms with Crippen molar-refractivity contribution >= 4 is 23.8 Å². The molecule has 1 atom stereocenters. The predicted molar refractivity (Wildman–Crippen MR) is 100 cm³/mol. The Bertz CT molecular complexity index is 760. The number of likely N-dealkylation sites (tertiary alicyclic amines) is 1. The molecule has 0 aromatic heterocycles. The number of nitrogens with one attached hydrogen (secondary N) is 1. The van der Waals surface area contributed by atoms with E-state index in [-0.39, 0.29) is 18.7 Å². The molecule has 152 valence electrons. The molecule has 2 aliphatic heterocycles. The third-order valence-electron chi connectivity index (χ3n) is 5.20. The molecule has 3 amide bonds. The van der Waals surface area contributed by atoms with Crippen molar-refractivity contribution in [1.29, 1.82) is 0 Å². The number of amides is 3. The number of methoxy groups -OCH3 is 2. The van der Waals surface area contributed by atoms with Gasteiger partial charge < -0.3 is 24.4 Å². The largest absolute Gasteiger partial charge is 0.497 e. The highest BCUT2D eigenvalue weighted by molar-refractivity contribution is 5.90. The molecule has 0 bridgehead atoms. The van der Waals surface area contributed by atoms with Crippen LogP contribution < -0.4 is 10.1 Å². The lowest BCUT2D eigenvalue weighted by Crippen LogP contribution is -2.52. The number of carbonyl (C=O) groups excluding carboxylic acids is 3. The van der Waals surface area contributed by atoms with E-state index in [9.17, 15) is 14.4 Å². The molecule has 0 spiro atoms. The Balaban J connectivity index is 1.58. The molecule has 2 saturated heterocycles. The standard InChI is InChI=1S/C19H25N3O6/c1-12-10-14(26-2)4-5-15(12)20-18(24)21-8-6-13(7-9-21)22-16(17(23)27-3)11-28-19(22)25/h4-5,10,13,16H,6-9,11H2,1-3H3,(H,20,24). The van der Waals surface area contributed by atoms with Crippen LogP contribution >= 0.6 is 0 Å². The zero-order valence-corrected chi connectivity index (χ0v) is 16.3. The highest BCUT2D eigenvalue weighted by atomic mass is 16.6. The molecule has 9 nitrogen and oxygen atoms in total. The number of hydrogen-bond acceptors (Lipinski definition) is 6. The first-order chi connectivity index (χ1) is 13.4. The number of hydrogen-bond donors (Lipinski definition) is 1. The molecule has 0 aliphatic carbocycles. The molecule has 2 aliphatic rings. The SMILES string of the molecule is COC(=O)C1COC(=O)N1C1CCN(C(=O)Nc2ccc(OC)cc2C)CC1. The first-order valence-electron chi connectivity index (χ1n) is 9.18. The van der Waals surface area contributed by atoms with Gasteiger partial charge in [-0.3, -0.25) is 4.90 Å². The third-order valence-corrected chi connectivity index (χ3v) is 5.20. The second-order valence-corrected chi connectivity index (χ2v) is 6.85. The Kier molecular flexibility index (Phi) is 5.91. The van der Waals surface area contributed by atoms with Crippen molar-refractivity contribution in [3.8, 4) is 5.75 Å². The van der Waals surface area contributed by atoms with E-state index in [0.717, 1.165) is 17.0 Å². The summed E-state index contributed by atoms with van der Waals surface area (Å²) in [5.41, 5.74) is 1.63. The maximum absolute atomic E-state index is 12.6. The number of benzene rings is 1. The zero-order chi connectivity index (χ0) is 20.3. The second kappa shape index (κ2) is 8.37. The van der Waals surface area contributed by atoms with Crippen LogP contribution in [0.2, 0.25) is 0 Å². The van der Waals surface area contributed by atoms with Gasteiger partial charge in [0.2, 0.25) is 0 Å². The van der Waals surface area contributed by atoms with E-state index in [4.69, 9.17) is 14.2 Å². The van der Waals surface area contributed by atoms with E-state index in [1.165, 1.54) is 12.0 Å². The molecule has 3 rings (SSSR count). The Labute approximate surface area is 163 Å². The molecular formula is C19H25N3O6. The first-order valence-corrected chi connectivity index (χ1v) is 9.18. The van der Waals surface area contributed by atoms with Gasteiger partial charge in [-0.25, -0.2) is 14.4 Å². The summed E-state index contributed by atoms with van der Waals surface area (Å²) >= 11 is 0. The quantitative estimate of drug-likeness (QED) is 0.789. The summed E-state index contributed by atoms with van der Waals surface area (Å²) in [6.45, 7) is 2.85. The van der Waals surface area contributed by atoms with Gasteiger partial charge in [-0.2, -0.15) is 0 Å². The van der Waals surface area contributed by atoms with Gasteiger partial charge in [0, 0.05) is 24.8 Å². The van der Waals surface area contributed by atoms with Gasteiger partial charge in [0.25, 0.3) is 0 Å². The fourth-order valence-electron chi connectivity index (χ4n) is 3.60. The highest BCUT2D eigenvalue weighted by Gasteiger charge is 2.44. The van der Waals surface area contributed by atoms with E-state index in [1.54, 1.807) is 24.1 Å². The number of ether oxygens (including phenoxy) is 3. The van der Waals surface area contributed by atoms with Crippen molar-refractivity contribution in [3.63, 3.8) is 0 Å². The van der Waals surface area contributed by atoms with Gasteiger partial charge in [-0.05, 0) is 43.5 Å². The van der Waals surface area contributed by atoms with Crippen molar-refractivity contribution in [2.45, 2.75) is 31.8 Å². The lowest BCUT2D eigenvalue weighted by Gasteiger charge is -2.37. The summed E-state index contributed by atoms with van der Waals surface area (Å²) in [5, 5.41) is 2.91. The fourth-order valence-corrected chi connectivity index (χ4v) is 3.60. The Morgan fingerprint density at radius 1 is 1.21 bits per heavy atom. The topological polar surface area (TPSA) is 97.4 Å². The number of piperidine rings is 1. The Morgan fingerprint density at radius 2 is 1.93 bits per heavy atom. The Morgan fingerprint density at radius 3 is 2.54 bits per heavy atom. The summed E-state index contributed by atoms with van der Waals surface area (Å²) in [4.78, 5) is 39.7. The lowest BCUT2D eigenvalue weighted by atomic mass is 10.0. The lowest BCUT2D eigenvalue weighted by molar-refractivity contribution is -0.145. The average molecular weight is 391 g/mol. The highest BCUT2D eigenvalue weighted by Crippen LogP contribution is 2.26. The van der Waals surface area contributed by atoms with Crippen molar-refractivity contribution in [3.05, 3.63) is 23.8 Å². The number of cyclic esters (lactones) is 1. The van der Waals surface area contributed by atoms with Gasteiger partial charge in [-0.15, -0.1) is 0 Å². The Hall–Kier alpha value is -2.97. The molecule has 0 saturated carbocycles. The minimum absolute atomic E-state index is 0.00293. The normalized spacial score (nSPS) is 20.0. The number of esters is 1. The van der Waals surface area contributed by atoms with Crippen LogP contribution in [0.3, 0.4) is 0 Å². The summed E-state index contributed by atoms with van der Waals surface area (Å²) < 4.78 is 15.0. The van der Waals surface area contributed by atoms with Crippen molar-refractivity contribution < 1.29 is 28.6 Å². The maximum atomic E-state index is 12.6. The fraction of sp³-hybridized carbons (Fsp3) is 0.526. The molecule has 1 N–H and O–H groups in total. The summed E-state index contributed by atoms with van der Waals surface area (Å²) in [6.07, 6.45) is 0.627. The summed E-state index contributed by atoms with van der Waals surface area (Å²) in [5.74, 6) is 0.245. The number of aryl methyl sites for hydroxylation is 1. The van der Waals surface area contributed by atoms with Gasteiger partial charge in [0.1, 0.15) is 12.4 Å². The average Bonchev–Trinajstić information content (AvgIpc) is 3.10. The number of urea groups is 1. The van der Waals surface area contributed by atoms with Crippen LogP contribution in [-0.4, -0.2) is 73.9 Å². The molecule has 1 unspecified atom stereocenters. The molecule has 0 radical (unpaired) electrons. The van der Waals surface area contributed by atoms with Crippen molar-refractivity contribution in [2.24, 2.45) is 0 Å². The molecule has 1 aromatic rings. The number of rotatable bonds is 4. The van der Waals surface area contributed by atoms with Crippen LogP contribution in [0.1, 0.15) is 18.4 Å². The van der Waals surface area contributed by atoms with Crippen LogP contribution in [-0.2, 0) is 14.3 Å². The smallest absolute Gasteiger partial charge is 0.410 e. The van der Waals surface area contributed by atoms with Crippen LogP contribution in [0.5, 0.6) is 5.75 Å². The van der Waals surface area contributed by atoms with Crippen LogP contribution in [0.25, 0.3) is 0 Å². The van der Waals surface area contributed by atoms with E-state index in [1.807, 2.05) is 13.0 Å². The van der Waals surface area contributed by atoms with Crippen molar-refractivity contribution in [1.82, 2.24) is 9.80 Å². The molecule has 2 fully saturated rings. The van der Waals surface area contributed by atoms with Gasteiger partial charge >= 0.3 is 18.1 Å². The molecule has 28 heavy (non-hydrogen) atoms. The zero-order valence-electron chi connectivity index (χ0n) is 16.3. The predicted octanol–water partition coefficient (Wildman–Crippen LogP) is 1.99. The van der Waals surface area contributed by atoms with Gasteiger partial charge in [0.05, 0.1) is 14.2 Å². The minimum Gasteiger partial charge on any atom is -0.497 e. The van der Waals surface area contributed by atoms with Crippen molar-refractivity contribution in [2.75, 3.05) is 39.2 Å². The monoisotopic (exact) mass is 391 g/mol.